The molecule has 6 heteroatoms. The monoisotopic (exact) mass is 318 g/mol. The Hall–Kier alpha value is -1.76. The van der Waals surface area contributed by atoms with Crippen molar-refractivity contribution < 1.29 is 13.2 Å². The van der Waals surface area contributed by atoms with Gasteiger partial charge in [-0.25, -0.2) is 8.42 Å². The van der Waals surface area contributed by atoms with Crippen LogP contribution >= 0.6 is 0 Å². The Morgan fingerprint density at radius 1 is 1.18 bits per heavy atom. The number of sulfonamides is 1. The zero-order chi connectivity index (χ0) is 15.6. The Balaban J connectivity index is 2.01. The van der Waals surface area contributed by atoms with E-state index < -0.39 is 10.0 Å². The highest BCUT2D eigenvalue weighted by molar-refractivity contribution is 7.89. The van der Waals surface area contributed by atoms with Crippen molar-refractivity contribution in [2.75, 3.05) is 13.2 Å². The maximum atomic E-state index is 12.9. The van der Waals surface area contributed by atoms with E-state index in [9.17, 15) is 8.42 Å². The molecular weight excluding hydrogens is 300 g/mol. The molecule has 0 aliphatic carbocycles. The predicted octanol–water partition coefficient (Wildman–Crippen LogP) is 2.23. The number of morpholine rings is 1. The van der Waals surface area contributed by atoms with Crippen LogP contribution in [0.15, 0.2) is 59.8 Å². The lowest BCUT2D eigenvalue weighted by molar-refractivity contribution is -0.0231. The van der Waals surface area contributed by atoms with Gasteiger partial charge in [-0.15, -0.1) is 0 Å². The first-order valence-corrected chi connectivity index (χ1v) is 8.61. The Labute approximate surface area is 130 Å². The van der Waals surface area contributed by atoms with Crippen molar-refractivity contribution in [2.45, 2.75) is 24.0 Å². The minimum Gasteiger partial charge on any atom is -0.375 e. The third kappa shape index (κ3) is 2.90. The van der Waals surface area contributed by atoms with Crippen molar-refractivity contribution in [3.8, 4) is 0 Å². The summed E-state index contributed by atoms with van der Waals surface area (Å²) in [6, 6.07) is 12.5. The predicted molar refractivity (Wildman–Crippen MR) is 82.7 cm³/mol. The largest absolute Gasteiger partial charge is 0.375 e. The minimum absolute atomic E-state index is 0.133. The highest BCUT2D eigenvalue weighted by atomic mass is 32.2. The number of benzene rings is 1. The fourth-order valence-electron chi connectivity index (χ4n) is 2.61. The Bertz CT molecular complexity index is 720. The normalized spacial score (nSPS) is 23.3. The molecule has 1 aliphatic heterocycles. The van der Waals surface area contributed by atoms with E-state index in [1.54, 1.807) is 18.3 Å². The first-order valence-electron chi connectivity index (χ1n) is 7.17. The summed E-state index contributed by atoms with van der Waals surface area (Å²) in [7, 11) is -3.60. The Kier molecular flexibility index (Phi) is 4.24. The van der Waals surface area contributed by atoms with Crippen molar-refractivity contribution in [3.05, 3.63) is 60.4 Å². The summed E-state index contributed by atoms with van der Waals surface area (Å²) < 4.78 is 33.1. The molecule has 1 aliphatic rings. The number of aromatic nitrogens is 1. The van der Waals surface area contributed by atoms with Crippen LogP contribution in [0.2, 0.25) is 0 Å². The Morgan fingerprint density at radius 2 is 1.95 bits per heavy atom. The average molecular weight is 318 g/mol. The van der Waals surface area contributed by atoms with E-state index in [1.807, 2.05) is 37.3 Å². The zero-order valence-electron chi connectivity index (χ0n) is 12.3. The third-order valence-corrected chi connectivity index (χ3v) is 5.61. The van der Waals surface area contributed by atoms with Crippen LogP contribution in [0.3, 0.4) is 0 Å². The quantitative estimate of drug-likeness (QED) is 0.871. The number of ether oxygens (including phenoxy) is 1. The number of hydrogen-bond acceptors (Lipinski definition) is 4. The van der Waals surface area contributed by atoms with Crippen molar-refractivity contribution in [2.24, 2.45) is 0 Å². The zero-order valence-corrected chi connectivity index (χ0v) is 13.1. The molecule has 116 valence electrons. The molecule has 2 aromatic rings. The molecule has 0 spiro atoms. The topological polar surface area (TPSA) is 59.5 Å². The average Bonchev–Trinajstić information content (AvgIpc) is 2.56. The van der Waals surface area contributed by atoms with Crippen LogP contribution in [0.1, 0.15) is 18.5 Å². The van der Waals surface area contributed by atoms with E-state index in [2.05, 4.69) is 4.98 Å². The summed E-state index contributed by atoms with van der Waals surface area (Å²) in [6.07, 6.45) is 2.82. The molecule has 0 unspecified atom stereocenters. The van der Waals surface area contributed by atoms with Crippen molar-refractivity contribution in [3.63, 3.8) is 0 Å². The molecule has 1 saturated heterocycles. The summed E-state index contributed by atoms with van der Waals surface area (Å²) >= 11 is 0. The van der Waals surface area contributed by atoms with Crippen LogP contribution in [0.4, 0.5) is 0 Å². The van der Waals surface area contributed by atoms with Gasteiger partial charge in [-0.2, -0.15) is 4.31 Å². The maximum Gasteiger partial charge on any atom is 0.245 e. The molecular formula is C16H18N2O3S. The molecule has 1 fully saturated rings. The number of pyridine rings is 1. The van der Waals surface area contributed by atoms with Crippen LogP contribution in [0, 0.1) is 0 Å². The van der Waals surface area contributed by atoms with Crippen LogP contribution in [0.5, 0.6) is 0 Å². The molecule has 0 radical (unpaired) electrons. The van der Waals surface area contributed by atoms with Gasteiger partial charge in [0.2, 0.25) is 10.0 Å². The first-order chi connectivity index (χ1) is 10.6. The SMILES string of the molecule is C[C@H]1CN(S(=O)(=O)c2cccnc2)[C@H](c2ccccc2)CO1. The highest BCUT2D eigenvalue weighted by Gasteiger charge is 2.37. The van der Waals surface area contributed by atoms with Gasteiger partial charge in [0.05, 0.1) is 18.8 Å². The van der Waals surface area contributed by atoms with Gasteiger partial charge in [-0.1, -0.05) is 30.3 Å². The van der Waals surface area contributed by atoms with E-state index >= 15 is 0 Å². The number of rotatable bonds is 3. The molecule has 2 atom stereocenters. The van der Waals surface area contributed by atoms with Gasteiger partial charge in [-0.3, -0.25) is 4.98 Å². The van der Waals surface area contributed by atoms with Gasteiger partial charge in [-0.05, 0) is 24.6 Å². The first kappa shape index (κ1) is 15.1. The van der Waals surface area contributed by atoms with E-state index in [4.69, 9.17) is 4.74 Å². The molecule has 0 saturated carbocycles. The minimum atomic E-state index is -3.60. The van der Waals surface area contributed by atoms with E-state index in [-0.39, 0.29) is 17.0 Å². The lowest BCUT2D eigenvalue weighted by Crippen LogP contribution is -2.46. The summed E-state index contributed by atoms with van der Waals surface area (Å²) in [5.74, 6) is 0. The molecule has 0 bridgehead atoms. The summed E-state index contributed by atoms with van der Waals surface area (Å²) in [5.41, 5.74) is 0.932. The standard InChI is InChI=1S/C16H18N2O3S/c1-13-11-18(22(19,20)15-8-5-9-17-10-15)16(12-21-13)14-6-3-2-4-7-14/h2-10,13,16H,11-12H2,1H3/t13-,16-/m0/s1. The molecule has 2 heterocycles. The summed E-state index contributed by atoms with van der Waals surface area (Å²) in [4.78, 5) is 4.14. The lowest BCUT2D eigenvalue weighted by atomic mass is 10.1. The van der Waals surface area contributed by atoms with Crippen molar-refractivity contribution in [1.82, 2.24) is 9.29 Å². The molecule has 3 rings (SSSR count). The van der Waals surface area contributed by atoms with Gasteiger partial charge in [0, 0.05) is 18.9 Å². The summed E-state index contributed by atoms with van der Waals surface area (Å²) in [5, 5.41) is 0. The number of hydrogen-bond donors (Lipinski definition) is 0. The molecule has 0 N–H and O–H groups in total. The smallest absolute Gasteiger partial charge is 0.245 e. The van der Waals surface area contributed by atoms with Gasteiger partial charge in [0.15, 0.2) is 0 Å². The molecule has 1 aromatic heterocycles. The second-order valence-electron chi connectivity index (χ2n) is 5.33. The maximum absolute atomic E-state index is 12.9. The molecule has 0 amide bonds. The van der Waals surface area contributed by atoms with Crippen LogP contribution in [-0.2, 0) is 14.8 Å². The van der Waals surface area contributed by atoms with Crippen molar-refractivity contribution >= 4 is 10.0 Å². The lowest BCUT2D eigenvalue weighted by Gasteiger charge is -2.37. The van der Waals surface area contributed by atoms with E-state index in [1.165, 1.54) is 10.5 Å². The second-order valence-corrected chi connectivity index (χ2v) is 7.22. The van der Waals surface area contributed by atoms with E-state index in [0.717, 1.165) is 5.56 Å². The van der Waals surface area contributed by atoms with Crippen LogP contribution in [-0.4, -0.2) is 37.0 Å². The van der Waals surface area contributed by atoms with E-state index in [0.29, 0.717) is 13.2 Å². The fourth-order valence-corrected chi connectivity index (χ4v) is 4.25. The van der Waals surface area contributed by atoms with Gasteiger partial charge >= 0.3 is 0 Å². The fraction of sp³-hybridized carbons (Fsp3) is 0.312. The van der Waals surface area contributed by atoms with Crippen LogP contribution < -0.4 is 0 Å². The molecule has 1 aromatic carbocycles. The second kappa shape index (κ2) is 6.16. The summed E-state index contributed by atoms with van der Waals surface area (Å²) in [6.45, 7) is 2.56. The molecule has 22 heavy (non-hydrogen) atoms. The number of nitrogens with zero attached hydrogens (tertiary/aromatic N) is 2. The van der Waals surface area contributed by atoms with Crippen molar-refractivity contribution in [1.29, 1.82) is 0 Å². The van der Waals surface area contributed by atoms with Gasteiger partial charge in [0.25, 0.3) is 0 Å². The van der Waals surface area contributed by atoms with Gasteiger partial charge in [0.1, 0.15) is 4.90 Å². The van der Waals surface area contributed by atoms with Crippen LogP contribution in [0.25, 0.3) is 0 Å². The third-order valence-electron chi connectivity index (χ3n) is 3.75. The highest BCUT2D eigenvalue weighted by Crippen LogP contribution is 2.31. The van der Waals surface area contributed by atoms with Gasteiger partial charge < -0.3 is 4.74 Å². The Morgan fingerprint density at radius 3 is 2.64 bits per heavy atom. The molecule has 5 nitrogen and oxygen atoms in total.